The molecule has 0 saturated carbocycles. The highest BCUT2D eigenvalue weighted by molar-refractivity contribution is 7.89. The van der Waals surface area contributed by atoms with Gasteiger partial charge in [0, 0.05) is 26.2 Å². The molecule has 0 unspecified atom stereocenters. The number of piperidine rings is 1. The van der Waals surface area contributed by atoms with E-state index in [1.807, 2.05) is 23.1 Å². The second kappa shape index (κ2) is 7.64. The van der Waals surface area contributed by atoms with Crippen LogP contribution in [0.4, 0.5) is 4.39 Å². The second-order valence-electron chi connectivity index (χ2n) is 7.43. The van der Waals surface area contributed by atoms with Crippen molar-refractivity contribution >= 4 is 15.9 Å². The van der Waals surface area contributed by atoms with E-state index < -0.39 is 15.8 Å². The predicted molar refractivity (Wildman–Crippen MR) is 103 cm³/mol. The molecule has 2 aromatic carbocycles. The number of amides is 1. The standard InChI is InChI=1S/C21H23FN2O3S/c22-19-7-9-20(10-8-19)28(26,27)24-12-3-6-18(15-24)21(25)23-13-11-16-4-1-2-5-17(16)14-23/h1-2,4-5,7-10,18H,3,6,11-15H2/t18-/m1/s1. The number of sulfonamides is 1. The molecule has 148 valence electrons. The van der Waals surface area contributed by atoms with Crippen molar-refractivity contribution in [2.24, 2.45) is 5.92 Å². The summed E-state index contributed by atoms with van der Waals surface area (Å²) in [6.07, 6.45) is 2.15. The molecule has 2 aliphatic rings. The predicted octanol–water partition coefficient (Wildman–Crippen LogP) is 2.81. The van der Waals surface area contributed by atoms with Crippen LogP contribution in [0.5, 0.6) is 0 Å². The Morgan fingerprint density at radius 1 is 1.00 bits per heavy atom. The van der Waals surface area contributed by atoms with Crippen LogP contribution < -0.4 is 0 Å². The SMILES string of the molecule is O=C([C@@H]1CCCN(S(=O)(=O)c2ccc(F)cc2)C1)N1CCc2ccccc2C1. The summed E-state index contributed by atoms with van der Waals surface area (Å²) in [5, 5.41) is 0. The molecule has 0 N–H and O–H groups in total. The van der Waals surface area contributed by atoms with E-state index in [2.05, 4.69) is 6.07 Å². The van der Waals surface area contributed by atoms with Gasteiger partial charge in [0.25, 0.3) is 0 Å². The Kier molecular flexibility index (Phi) is 5.21. The minimum atomic E-state index is -3.73. The fourth-order valence-electron chi connectivity index (χ4n) is 4.06. The van der Waals surface area contributed by atoms with Crippen LogP contribution >= 0.6 is 0 Å². The van der Waals surface area contributed by atoms with E-state index in [0.29, 0.717) is 32.5 Å². The first-order chi connectivity index (χ1) is 13.4. The number of rotatable bonds is 3. The van der Waals surface area contributed by atoms with Crippen molar-refractivity contribution in [3.05, 3.63) is 65.5 Å². The highest BCUT2D eigenvalue weighted by Crippen LogP contribution is 2.27. The second-order valence-corrected chi connectivity index (χ2v) is 9.37. The fourth-order valence-corrected chi connectivity index (χ4v) is 5.58. The summed E-state index contributed by atoms with van der Waals surface area (Å²) in [7, 11) is -3.73. The molecule has 28 heavy (non-hydrogen) atoms. The fraction of sp³-hybridized carbons (Fsp3) is 0.381. The summed E-state index contributed by atoms with van der Waals surface area (Å²) in [6.45, 7) is 1.80. The first kappa shape index (κ1) is 19.1. The number of halogens is 1. The maximum Gasteiger partial charge on any atom is 0.243 e. The molecule has 2 heterocycles. The molecule has 1 saturated heterocycles. The lowest BCUT2D eigenvalue weighted by Crippen LogP contribution is -2.47. The van der Waals surface area contributed by atoms with E-state index in [0.717, 1.165) is 24.1 Å². The molecule has 2 aliphatic heterocycles. The Balaban J connectivity index is 1.48. The smallest absolute Gasteiger partial charge is 0.243 e. The van der Waals surface area contributed by atoms with Crippen LogP contribution in [0, 0.1) is 11.7 Å². The zero-order valence-electron chi connectivity index (χ0n) is 15.6. The van der Waals surface area contributed by atoms with Crippen molar-refractivity contribution in [2.75, 3.05) is 19.6 Å². The third-order valence-electron chi connectivity index (χ3n) is 5.63. The molecule has 0 bridgehead atoms. The molecule has 1 fully saturated rings. The molecule has 0 spiro atoms. The topological polar surface area (TPSA) is 57.7 Å². The van der Waals surface area contributed by atoms with E-state index in [9.17, 15) is 17.6 Å². The lowest BCUT2D eigenvalue weighted by atomic mass is 9.95. The van der Waals surface area contributed by atoms with Crippen LogP contribution in [0.1, 0.15) is 24.0 Å². The number of benzene rings is 2. The Morgan fingerprint density at radius 2 is 1.71 bits per heavy atom. The van der Waals surface area contributed by atoms with Crippen LogP contribution in [0.25, 0.3) is 0 Å². The average Bonchev–Trinajstić information content (AvgIpc) is 2.73. The summed E-state index contributed by atoms with van der Waals surface area (Å²) < 4.78 is 40.3. The van der Waals surface area contributed by atoms with Gasteiger partial charge in [-0.2, -0.15) is 4.31 Å². The van der Waals surface area contributed by atoms with Crippen molar-refractivity contribution in [3.8, 4) is 0 Å². The average molecular weight is 402 g/mol. The summed E-state index contributed by atoms with van der Waals surface area (Å²) >= 11 is 0. The van der Waals surface area contributed by atoms with Gasteiger partial charge in [-0.1, -0.05) is 24.3 Å². The van der Waals surface area contributed by atoms with Gasteiger partial charge in [0.15, 0.2) is 0 Å². The quantitative estimate of drug-likeness (QED) is 0.793. The molecular formula is C21H23FN2O3S. The minimum Gasteiger partial charge on any atom is -0.338 e. The maximum atomic E-state index is 13.1. The number of nitrogens with zero attached hydrogens (tertiary/aromatic N) is 2. The maximum absolute atomic E-state index is 13.1. The largest absolute Gasteiger partial charge is 0.338 e. The van der Waals surface area contributed by atoms with Gasteiger partial charge in [0.1, 0.15) is 5.82 Å². The van der Waals surface area contributed by atoms with Crippen LogP contribution in [0.2, 0.25) is 0 Å². The summed E-state index contributed by atoms with van der Waals surface area (Å²) in [5.41, 5.74) is 2.43. The van der Waals surface area contributed by atoms with E-state index in [1.54, 1.807) is 0 Å². The van der Waals surface area contributed by atoms with E-state index in [4.69, 9.17) is 0 Å². The molecule has 0 aliphatic carbocycles. The van der Waals surface area contributed by atoms with Gasteiger partial charge in [-0.15, -0.1) is 0 Å². The zero-order valence-corrected chi connectivity index (χ0v) is 16.4. The monoisotopic (exact) mass is 402 g/mol. The molecule has 4 rings (SSSR count). The third-order valence-corrected chi connectivity index (χ3v) is 7.51. The molecule has 2 aromatic rings. The van der Waals surface area contributed by atoms with Crippen molar-refractivity contribution in [2.45, 2.75) is 30.7 Å². The first-order valence-electron chi connectivity index (χ1n) is 9.56. The number of carbonyl (C=O) groups is 1. The van der Waals surface area contributed by atoms with Gasteiger partial charge >= 0.3 is 0 Å². The molecule has 5 nitrogen and oxygen atoms in total. The lowest BCUT2D eigenvalue weighted by molar-refractivity contribution is -0.137. The van der Waals surface area contributed by atoms with Gasteiger partial charge < -0.3 is 4.90 Å². The highest BCUT2D eigenvalue weighted by Gasteiger charge is 2.35. The number of hydrogen-bond donors (Lipinski definition) is 0. The summed E-state index contributed by atoms with van der Waals surface area (Å²) in [5.74, 6) is -0.793. The Labute approximate surface area is 164 Å². The molecule has 1 amide bonds. The number of hydrogen-bond acceptors (Lipinski definition) is 3. The number of fused-ring (bicyclic) bond motifs is 1. The van der Waals surface area contributed by atoms with Crippen molar-refractivity contribution in [1.29, 1.82) is 0 Å². The van der Waals surface area contributed by atoms with E-state index >= 15 is 0 Å². The lowest BCUT2D eigenvalue weighted by Gasteiger charge is -2.36. The Bertz CT molecular complexity index is 975. The first-order valence-corrected chi connectivity index (χ1v) is 11.0. The molecule has 7 heteroatoms. The zero-order chi connectivity index (χ0) is 19.7. The number of carbonyl (C=O) groups excluding carboxylic acids is 1. The van der Waals surface area contributed by atoms with Gasteiger partial charge in [-0.05, 0) is 54.7 Å². The summed E-state index contributed by atoms with van der Waals surface area (Å²) in [6, 6.07) is 13.0. The molecule has 1 atom stereocenters. The Hall–Kier alpha value is -2.25. The third kappa shape index (κ3) is 3.69. The van der Waals surface area contributed by atoms with Crippen LogP contribution in [0.15, 0.2) is 53.4 Å². The van der Waals surface area contributed by atoms with Gasteiger partial charge in [-0.3, -0.25) is 4.79 Å². The van der Waals surface area contributed by atoms with Crippen molar-refractivity contribution in [1.82, 2.24) is 9.21 Å². The normalized spacial score (nSPS) is 20.6. The van der Waals surface area contributed by atoms with Crippen LogP contribution in [-0.2, 0) is 27.8 Å². The van der Waals surface area contributed by atoms with Crippen molar-refractivity contribution in [3.63, 3.8) is 0 Å². The minimum absolute atomic E-state index is 0.0218. The van der Waals surface area contributed by atoms with E-state index in [-0.39, 0.29) is 23.3 Å². The Morgan fingerprint density at radius 3 is 2.46 bits per heavy atom. The highest BCUT2D eigenvalue weighted by atomic mass is 32.2. The van der Waals surface area contributed by atoms with Gasteiger partial charge in [0.05, 0.1) is 10.8 Å². The summed E-state index contributed by atoms with van der Waals surface area (Å²) in [4.78, 5) is 15.0. The van der Waals surface area contributed by atoms with Gasteiger partial charge in [-0.25, -0.2) is 12.8 Å². The molecule has 0 aromatic heterocycles. The molecule has 0 radical (unpaired) electrons. The van der Waals surface area contributed by atoms with Gasteiger partial charge in [0.2, 0.25) is 15.9 Å². The van der Waals surface area contributed by atoms with Crippen LogP contribution in [0.3, 0.4) is 0 Å². The van der Waals surface area contributed by atoms with Crippen LogP contribution in [-0.4, -0.2) is 43.2 Å². The molecular weight excluding hydrogens is 379 g/mol. The van der Waals surface area contributed by atoms with E-state index in [1.165, 1.54) is 22.0 Å². The van der Waals surface area contributed by atoms with Crippen molar-refractivity contribution < 1.29 is 17.6 Å².